The van der Waals surface area contributed by atoms with Crippen LogP contribution in [0.15, 0.2) is 0 Å². The van der Waals surface area contributed by atoms with Crippen molar-refractivity contribution in [3.8, 4) is 0 Å². The van der Waals surface area contributed by atoms with Gasteiger partial charge in [-0.3, -0.25) is 23.7 Å². The predicted molar refractivity (Wildman–Crippen MR) is 140 cm³/mol. The predicted octanol–water partition coefficient (Wildman–Crippen LogP) is 3.29. The molecule has 0 aromatic rings. The molecular weight excluding hydrogens is 594 g/mol. The fourth-order valence-electron chi connectivity index (χ4n) is 9.41. The summed E-state index contributed by atoms with van der Waals surface area (Å²) < 4.78 is 79.6. The van der Waals surface area contributed by atoms with Crippen molar-refractivity contribution >= 4 is 34.0 Å². The fraction of sp³-hybridized carbons (Fsp3) is 0.862. The summed E-state index contributed by atoms with van der Waals surface area (Å²) in [4.78, 5) is 51.4. The number of rotatable bonds is 10. The summed E-state index contributed by atoms with van der Waals surface area (Å²) in [5.41, 5.74) is -0.604. The molecule has 6 fully saturated rings. The van der Waals surface area contributed by atoms with Gasteiger partial charge in [0.25, 0.3) is 0 Å². The van der Waals surface area contributed by atoms with Crippen molar-refractivity contribution in [1.82, 2.24) is 0 Å². The molecule has 1 saturated heterocycles. The number of carbonyl (C=O) groups excluding carboxylic acids is 4. The molecule has 43 heavy (non-hydrogen) atoms. The number of alkyl halides is 2. The Balaban J connectivity index is 1.09. The van der Waals surface area contributed by atoms with Gasteiger partial charge in [-0.1, -0.05) is 13.8 Å². The molecule has 5 saturated carbocycles. The van der Waals surface area contributed by atoms with Crippen LogP contribution in [0.3, 0.4) is 0 Å². The Bertz CT molecular complexity index is 1300. The number of hydrogen-bond acceptors (Lipinski definition) is 10. The highest BCUT2D eigenvalue weighted by molar-refractivity contribution is 7.86. The second kappa shape index (κ2) is 10.3. The summed E-state index contributed by atoms with van der Waals surface area (Å²) in [6.45, 7) is 4.73. The van der Waals surface area contributed by atoms with Gasteiger partial charge in [-0.25, -0.2) is 0 Å². The molecule has 11 nitrogen and oxygen atoms in total. The molecule has 0 amide bonds. The summed E-state index contributed by atoms with van der Waals surface area (Å²) in [6.07, 6.45) is 0.376. The van der Waals surface area contributed by atoms with E-state index in [1.54, 1.807) is 0 Å². The molecule has 240 valence electrons. The highest BCUT2D eigenvalue weighted by Gasteiger charge is 2.71. The summed E-state index contributed by atoms with van der Waals surface area (Å²) in [7, 11) is -5.83. The summed E-state index contributed by atoms with van der Waals surface area (Å²) >= 11 is 0. The minimum atomic E-state index is -5.83. The number of esters is 4. The lowest BCUT2D eigenvalue weighted by molar-refractivity contribution is -0.179. The maximum absolute atomic E-state index is 13.9. The van der Waals surface area contributed by atoms with Gasteiger partial charge in [0.05, 0.1) is 24.7 Å². The monoisotopic (exact) mass is 632 g/mol. The maximum atomic E-state index is 13.9. The van der Waals surface area contributed by atoms with Crippen molar-refractivity contribution in [2.45, 2.75) is 101 Å². The Hall–Kier alpha value is -2.35. The van der Waals surface area contributed by atoms with E-state index in [-0.39, 0.29) is 11.8 Å². The maximum Gasteiger partial charge on any atom is 0.405 e. The van der Waals surface area contributed by atoms with Crippen LogP contribution >= 0.6 is 0 Å². The van der Waals surface area contributed by atoms with Crippen molar-refractivity contribution in [2.75, 3.05) is 0 Å². The first-order valence-electron chi connectivity index (χ1n) is 15.2. The zero-order valence-electron chi connectivity index (χ0n) is 24.3. The third-order valence-electron chi connectivity index (χ3n) is 11.5. The van der Waals surface area contributed by atoms with Crippen LogP contribution in [0.4, 0.5) is 8.78 Å². The number of carbonyl (C=O) groups is 4. The van der Waals surface area contributed by atoms with Gasteiger partial charge in [0.2, 0.25) is 0 Å². The quantitative estimate of drug-likeness (QED) is 0.214. The molecule has 1 heterocycles. The second-order valence-electron chi connectivity index (χ2n) is 13.8. The molecule has 0 spiro atoms. The molecule has 1 aliphatic heterocycles. The first-order chi connectivity index (χ1) is 20.0. The number of hydrogen-bond donors (Lipinski definition) is 1. The largest absolute Gasteiger partial charge is 0.459 e. The first-order valence-corrected chi connectivity index (χ1v) is 16.6. The van der Waals surface area contributed by atoms with E-state index >= 15 is 0 Å². The normalized spacial score (nSPS) is 41.3. The van der Waals surface area contributed by atoms with Crippen molar-refractivity contribution in [3.05, 3.63) is 0 Å². The van der Waals surface area contributed by atoms with Crippen LogP contribution in [0.2, 0.25) is 0 Å². The van der Waals surface area contributed by atoms with Crippen molar-refractivity contribution < 1.29 is 59.9 Å². The van der Waals surface area contributed by atoms with Gasteiger partial charge in [-0.2, -0.15) is 17.2 Å². The lowest BCUT2D eigenvalue weighted by Crippen LogP contribution is -2.47. The lowest BCUT2D eigenvalue weighted by Gasteiger charge is -2.38. The van der Waals surface area contributed by atoms with Crippen molar-refractivity contribution in [1.29, 1.82) is 0 Å². The van der Waals surface area contributed by atoms with Crippen LogP contribution in [-0.4, -0.2) is 66.0 Å². The average molecular weight is 633 g/mol. The molecule has 6 aliphatic rings. The first kappa shape index (κ1) is 30.7. The molecule has 14 heteroatoms. The van der Waals surface area contributed by atoms with Crippen LogP contribution in [0.5, 0.6) is 0 Å². The highest BCUT2D eigenvalue weighted by Crippen LogP contribution is 2.64. The Morgan fingerprint density at radius 2 is 1.60 bits per heavy atom. The van der Waals surface area contributed by atoms with Crippen molar-refractivity contribution in [2.24, 2.45) is 53.3 Å². The Morgan fingerprint density at radius 1 is 1.00 bits per heavy atom. The smallest absolute Gasteiger partial charge is 0.405 e. The van der Waals surface area contributed by atoms with Crippen LogP contribution in [0, 0.1) is 53.3 Å². The topological polar surface area (TPSA) is 160 Å². The number of ether oxygens (including phenoxy) is 4. The van der Waals surface area contributed by atoms with E-state index in [1.165, 1.54) is 19.3 Å². The molecule has 11 atom stereocenters. The third kappa shape index (κ3) is 4.85. The molecule has 4 bridgehead atoms. The summed E-state index contributed by atoms with van der Waals surface area (Å²) in [6, 6.07) is 0. The van der Waals surface area contributed by atoms with Crippen LogP contribution in [-0.2, 0) is 48.2 Å². The van der Waals surface area contributed by atoms with Gasteiger partial charge >= 0.3 is 39.2 Å². The van der Waals surface area contributed by atoms with E-state index in [0.717, 1.165) is 12.8 Å². The number of fused-ring (bicyclic) bond motifs is 6. The molecule has 0 aromatic heterocycles. The van der Waals surface area contributed by atoms with Gasteiger partial charge in [-0.05, 0) is 75.0 Å². The zero-order chi connectivity index (χ0) is 31.2. The van der Waals surface area contributed by atoms with Crippen LogP contribution < -0.4 is 0 Å². The Morgan fingerprint density at radius 3 is 2.19 bits per heavy atom. The van der Waals surface area contributed by atoms with E-state index in [1.807, 2.05) is 0 Å². The summed E-state index contributed by atoms with van der Waals surface area (Å²) in [5, 5.41) is -4.73. The fourth-order valence-corrected chi connectivity index (χ4v) is 9.87. The molecule has 1 N–H and O–H groups in total. The van der Waals surface area contributed by atoms with Gasteiger partial charge < -0.3 is 18.9 Å². The molecule has 11 unspecified atom stereocenters. The third-order valence-corrected chi connectivity index (χ3v) is 12.6. The minimum absolute atomic E-state index is 0.0943. The zero-order valence-corrected chi connectivity index (χ0v) is 25.1. The molecular formula is C29H38F2O11S. The molecule has 6 rings (SSSR count). The molecule has 0 radical (unpaired) electrons. The van der Waals surface area contributed by atoms with Gasteiger partial charge in [0.15, 0.2) is 6.10 Å². The van der Waals surface area contributed by atoms with Gasteiger partial charge in [0.1, 0.15) is 17.8 Å². The lowest BCUT2D eigenvalue weighted by atomic mass is 9.78. The minimum Gasteiger partial charge on any atom is -0.459 e. The van der Waals surface area contributed by atoms with Crippen LogP contribution in [0.25, 0.3) is 0 Å². The van der Waals surface area contributed by atoms with E-state index in [2.05, 4.69) is 18.6 Å². The highest BCUT2D eigenvalue weighted by atomic mass is 32.2. The molecule has 0 aromatic carbocycles. The van der Waals surface area contributed by atoms with E-state index in [0.29, 0.717) is 37.0 Å². The summed E-state index contributed by atoms with van der Waals surface area (Å²) in [5.74, 6) is -2.92. The standard InChI is InChI=1S/C29H38F2O11S/c1-12(2)28(10-18-14-4-5-15(8-14)19(18)11-28)42-27(35)23-17-9-16-22(23)26(34)41-25(16)24(17)40-21(33)7-6-20(32)39-13(3)29(30,31)43(36,37)38/h12-19,22-25H,4-11H2,1-3H3,(H,36,37,38). The Kier molecular flexibility index (Phi) is 7.38. The molecule has 5 aliphatic carbocycles. The van der Waals surface area contributed by atoms with Gasteiger partial charge in [-0.15, -0.1) is 0 Å². The van der Waals surface area contributed by atoms with E-state index < -0.39 is 93.8 Å². The number of halogens is 2. The second-order valence-corrected chi connectivity index (χ2v) is 15.3. The van der Waals surface area contributed by atoms with Gasteiger partial charge in [0, 0.05) is 11.8 Å². The van der Waals surface area contributed by atoms with E-state index in [9.17, 15) is 36.4 Å². The SMILES string of the molecule is CC(C)C1(OC(=O)C2C3CC4C(OC(=O)C42)C3OC(=O)CCC(=O)OC(C)C(F)(F)S(=O)(=O)O)CC2C3CCC(C3)C2C1. The van der Waals surface area contributed by atoms with Crippen molar-refractivity contribution in [3.63, 3.8) is 0 Å². The van der Waals surface area contributed by atoms with E-state index in [4.69, 9.17) is 18.8 Å². The average Bonchev–Trinajstić information content (AvgIpc) is 3.72. The van der Waals surface area contributed by atoms with Crippen LogP contribution in [0.1, 0.15) is 72.1 Å². The Labute approximate surface area is 248 Å².